The van der Waals surface area contributed by atoms with Gasteiger partial charge in [-0.1, -0.05) is 0 Å². The molecule has 0 aliphatic heterocycles. The van der Waals surface area contributed by atoms with E-state index >= 15 is 0 Å². The molecule has 0 saturated carbocycles. The van der Waals surface area contributed by atoms with Crippen LogP contribution in [-0.4, -0.2) is 51.2 Å². The third-order valence-electron chi connectivity index (χ3n) is 2.11. The van der Waals surface area contributed by atoms with Crippen LogP contribution in [0.1, 0.15) is 0 Å². The van der Waals surface area contributed by atoms with Gasteiger partial charge in [-0.3, -0.25) is 9.11 Å². The molecule has 0 fully saturated rings. The van der Waals surface area contributed by atoms with Crippen LogP contribution in [0, 0.1) is 0 Å². The fourth-order valence-electron chi connectivity index (χ4n) is 1.30. The molecule has 0 spiro atoms. The summed E-state index contributed by atoms with van der Waals surface area (Å²) < 4.78 is 34.3. The zero-order valence-corrected chi connectivity index (χ0v) is 16.1. The first-order valence-electron chi connectivity index (χ1n) is 5.42. The van der Waals surface area contributed by atoms with Crippen molar-refractivity contribution < 1.29 is 17.5 Å². The van der Waals surface area contributed by atoms with Crippen LogP contribution in [0.15, 0.2) is 48.5 Å². The molecule has 108 valence electrons. The molecule has 5 nitrogen and oxygen atoms in total. The molecular weight excluding hydrogens is 404 g/mol. The molecule has 8 heteroatoms. The van der Waals surface area contributed by atoms with Gasteiger partial charge < -0.3 is 0 Å². The molecule has 0 heterocycles. The summed E-state index contributed by atoms with van der Waals surface area (Å²) in [6, 6.07) is 17.0. The van der Waals surface area contributed by atoms with Crippen molar-refractivity contribution in [2.45, 2.75) is 0 Å². The molecule has 0 aliphatic rings. The maximum absolute atomic E-state index is 8.74. The van der Waals surface area contributed by atoms with Crippen molar-refractivity contribution >= 4 is 64.2 Å². The number of benzene rings is 2. The number of hydrogen-bond donors (Lipinski definition) is 3. The predicted molar refractivity (Wildman–Crippen MR) is 86.7 cm³/mol. The fraction of sp³-hybridized carbons (Fsp3) is 0. The summed E-state index contributed by atoms with van der Waals surface area (Å²) in [6.45, 7) is 0. The van der Waals surface area contributed by atoms with Gasteiger partial charge in [0.15, 0.2) is 0 Å². The predicted octanol–water partition coefficient (Wildman–Crippen LogP) is -0.706. The zero-order chi connectivity index (χ0) is 15.2. The standard InChI is InChI=1S/C12H13As2N.H2O4S/c13-9-1-5-11(6-2-9)15-12-7-3-10(14)4-8-12;1-5(2,3)4/h1-8,15H,13-14H2;(H2,1,2,3,4). The van der Waals surface area contributed by atoms with Crippen molar-refractivity contribution in [2.24, 2.45) is 0 Å². The van der Waals surface area contributed by atoms with E-state index < -0.39 is 10.4 Å². The molecule has 0 aliphatic carbocycles. The second-order valence-corrected chi connectivity index (χ2v) is 7.51. The Morgan fingerprint density at radius 3 is 1.25 bits per heavy atom. The van der Waals surface area contributed by atoms with E-state index in [9.17, 15) is 0 Å². The molecule has 0 radical (unpaired) electrons. The van der Waals surface area contributed by atoms with Gasteiger partial charge in [0.25, 0.3) is 0 Å². The SMILES string of the molecule is O=S(=O)(O)O.[AsH2]c1ccc(Nc2ccc([AsH2])cc2)cc1. The van der Waals surface area contributed by atoms with Crippen LogP contribution in [0.5, 0.6) is 0 Å². The summed E-state index contributed by atoms with van der Waals surface area (Å²) in [6.07, 6.45) is 0. The molecule has 0 bridgehead atoms. The van der Waals surface area contributed by atoms with E-state index in [1.54, 1.807) is 33.7 Å². The van der Waals surface area contributed by atoms with Gasteiger partial charge in [-0.2, -0.15) is 8.42 Å². The first-order valence-corrected chi connectivity index (χ1v) is 9.24. The number of nitrogens with one attached hydrogen (secondary N) is 1. The number of rotatable bonds is 2. The van der Waals surface area contributed by atoms with Crippen LogP contribution in [-0.2, 0) is 10.4 Å². The number of anilines is 2. The van der Waals surface area contributed by atoms with Crippen LogP contribution >= 0.6 is 0 Å². The van der Waals surface area contributed by atoms with E-state index in [1.165, 1.54) is 8.70 Å². The van der Waals surface area contributed by atoms with Crippen LogP contribution in [0.4, 0.5) is 11.4 Å². The van der Waals surface area contributed by atoms with E-state index in [0.717, 1.165) is 11.4 Å². The van der Waals surface area contributed by atoms with Crippen molar-refractivity contribution in [2.75, 3.05) is 5.32 Å². The van der Waals surface area contributed by atoms with Gasteiger partial charge in [0.2, 0.25) is 0 Å². The third-order valence-corrected chi connectivity index (χ3v) is 3.73. The summed E-state index contributed by atoms with van der Waals surface area (Å²) >= 11 is 3.31. The van der Waals surface area contributed by atoms with Crippen molar-refractivity contribution in [3.63, 3.8) is 0 Å². The van der Waals surface area contributed by atoms with E-state index in [-0.39, 0.29) is 0 Å². The Hall–Kier alpha value is -0.773. The second-order valence-electron chi connectivity index (χ2n) is 3.82. The Balaban J connectivity index is 0.000000347. The molecule has 2 rings (SSSR count). The minimum absolute atomic E-state index is 1.14. The Labute approximate surface area is 135 Å². The second kappa shape index (κ2) is 7.86. The normalized spacial score (nSPS) is 10.4. The fourth-order valence-corrected chi connectivity index (χ4v) is 2.11. The van der Waals surface area contributed by atoms with Gasteiger partial charge in [0.1, 0.15) is 0 Å². The van der Waals surface area contributed by atoms with Crippen molar-refractivity contribution in [1.82, 2.24) is 0 Å². The van der Waals surface area contributed by atoms with Crippen molar-refractivity contribution in [3.8, 4) is 0 Å². The minimum atomic E-state index is -4.67. The van der Waals surface area contributed by atoms with E-state index in [4.69, 9.17) is 17.5 Å². The quantitative estimate of drug-likeness (QED) is 0.443. The van der Waals surface area contributed by atoms with Gasteiger partial charge in [-0.05, 0) is 0 Å². The van der Waals surface area contributed by atoms with Crippen LogP contribution in [0.3, 0.4) is 0 Å². The van der Waals surface area contributed by atoms with Crippen molar-refractivity contribution in [1.29, 1.82) is 0 Å². The first kappa shape index (κ1) is 17.3. The third kappa shape index (κ3) is 8.41. The molecule has 2 unspecified atom stereocenters. The molecule has 3 N–H and O–H groups in total. The molecule has 20 heavy (non-hydrogen) atoms. The van der Waals surface area contributed by atoms with Crippen LogP contribution in [0.2, 0.25) is 0 Å². The van der Waals surface area contributed by atoms with Gasteiger partial charge >= 0.3 is 118 Å². The molecule has 0 saturated heterocycles. The molecule has 0 amide bonds. The summed E-state index contributed by atoms with van der Waals surface area (Å²) in [7, 11) is -4.67. The Morgan fingerprint density at radius 1 is 0.750 bits per heavy atom. The Kier molecular flexibility index (Phi) is 6.79. The van der Waals surface area contributed by atoms with Gasteiger partial charge in [0, 0.05) is 0 Å². The molecule has 0 aromatic heterocycles. The van der Waals surface area contributed by atoms with Crippen molar-refractivity contribution in [3.05, 3.63) is 48.5 Å². The summed E-state index contributed by atoms with van der Waals surface area (Å²) in [4.78, 5) is 0. The molecule has 2 aromatic carbocycles. The van der Waals surface area contributed by atoms with Crippen LogP contribution < -0.4 is 14.0 Å². The number of hydrogen-bond acceptors (Lipinski definition) is 3. The average Bonchev–Trinajstić information content (AvgIpc) is 2.33. The molecule has 2 atom stereocenters. The Morgan fingerprint density at radius 2 is 1.00 bits per heavy atom. The van der Waals surface area contributed by atoms with E-state index in [0.29, 0.717) is 0 Å². The topological polar surface area (TPSA) is 86.6 Å². The molecular formula is C12H15As2NO4S. The van der Waals surface area contributed by atoms with E-state index in [2.05, 4.69) is 53.8 Å². The zero-order valence-electron chi connectivity index (χ0n) is 10.4. The summed E-state index contributed by atoms with van der Waals surface area (Å²) in [5.74, 6) is 0. The van der Waals surface area contributed by atoms with Gasteiger partial charge in [-0.15, -0.1) is 0 Å². The van der Waals surface area contributed by atoms with Crippen LogP contribution in [0.25, 0.3) is 0 Å². The monoisotopic (exact) mass is 419 g/mol. The average molecular weight is 419 g/mol. The van der Waals surface area contributed by atoms with Gasteiger partial charge in [0.05, 0.1) is 0 Å². The summed E-state index contributed by atoms with van der Waals surface area (Å²) in [5.41, 5.74) is 2.29. The maximum atomic E-state index is 8.74. The van der Waals surface area contributed by atoms with Gasteiger partial charge in [-0.25, -0.2) is 0 Å². The summed E-state index contributed by atoms with van der Waals surface area (Å²) in [5, 5.41) is 3.37. The first-order chi connectivity index (χ1) is 9.24. The van der Waals surface area contributed by atoms with E-state index in [1.807, 2.05) is 0 Å². The molecule has 2 aromatic rings. The Bertz CT molecular complexity index is 591.